The average Bonchev–Trinajstić information content (AvgIpc) is 2.07. The quantitative estimate of drug-likeness (QED) is 0.728. The molecule has 0 amide bonds. The van der Waals surface area contributed by atoms with Crippen LogP contribution in [0.1, 0.15) is 31.5 Å². The summed E-state index contributed by atoms with van der Waals surface area (Å²) in [5.74, 6) is 0. The molecule has 1 aromatic rings. The van der Waals surface area contributed by atoms with E-state index in [9.17, 15) is 0 Å². The van der Waals surface area contributed by atoms with E-state index < -0.39 is 0 Å². The van der Waals surface area contributed by atoms with Crippen LogP contribution in [0.5, 0.6) is 0 Å². The molecule has 0 aliphatic rings. The van der Waals surface area contributed by atoms with Gasteiger partial charge in [0, 0.05) is 6.42 Å². The van der Waals surface area contributed by atoms with Crippen molar-refractivity contribution < 1.29 is 0 Å². The smallest absolute Gasteiger partial charge is 0.109 e. The van der Waals surface area contributed by atoms with E-state index in [0.717, 1.165) is 22.1 Å². The standard InChI is InChI=1S/C9H16N2S/c1-6-8(10)12-7(11-6)5-9(2,3)4/h5,10H2,1-4H3. The second-order valence-electron chi connectivity index (χ2n) is 4.29. The molecule has 1 aromatic heterocycles. The summed E-state index contributed by atoms with van der Waals surface area (Å²) in [6.07, 6.45) is 1.01. The van der Waals surface area contributed by atoms with Crippen molar-refractivity contribution in [3.8, 4) is 0 Å². The van der Waals surface area contributed by atoms with E-state index in [4.69, 9.17) is 5.73 Å². The van der Waals surface area contributed by atoms with Crippen LogP contribution in [0.2, 0.25) is 0 Å². The van der Waals surface area contributed by atoms with Gasteiger partial charge in [0.15, 0.2) is 0 Å². The van der Waals surface area contributed by atoms with Crippen LogP contribution in [-0.4, -0.2) is 4.98 Å². The van der Waals surface area contributed by atoms with E-state index in [1.165, 1.54) is 0 Å². The summed E-state index contributed by atoms with van der Waals surface area (Å²) in [5.41, 5.74) is 6.99. The monoisotopic (exact) mass is 184 g/mol. The van der Waals surface area contributed by atoms with Crippen molar-refractivity contribution in [3.63, 3.8) is 0 Å². The van der Waals surface area contributed by atoms with Crippen molar-refractivity contribution in [1.82, 2.24) is 4.98 Å². The maximum Gasteiger partial charge on any atom is 0.109 e. The molecule has 2 nitrogen and oxygen atoms in total. The number of anilines is 1. The Balaban J connectivity index is 2.77. The number of hydrogen-bond acceptors (Lipinski definition) is 3. The van der Waals surface area contributed by atoms with Gasteiger partial charge in [0.25, 0.3) is 0 Å². The van der Waals surface area contributed by atoms with Gasteiger partial charge in [-0.05, 0) is 12.3 Å². The van der Waals surface area contributed by atoms with Crippen molar-refractivity contribution in [3.05, 3.63) is 10.7 Å². The highest BCUT2D eigenvalue weighted by Gasteiger charge is 2.14. The van der Waals surface area contributed by atoms with Gasteiger partial charge < -0.3 is 5.73 Å². The second-order valence-corrected chi connectivity index (χ2v) is 5.41. The lowest BCUT2D eigenvalue weighted by atomic mass is 9.93. The Morgan fingerprint density at radius 1 is 1.42 bits per heavy atom. The minimum atomic E-state index is 0.302. The zero-order valence-corrected chi connectivity index (χ0v) is 8.96. The fourth-order valence-corrected chi connectivity index (χ4v) is 2.13. The predicted molar refractivity (Wildman–Crippen MR) is 54.4 cm³/mol. The lowest BCUT2D eigenvalue weighted by molar-refractivity contribution is 0.410. The Labute approximate surface area is 77.8 Å². The largest absolute Gasteiger partial charge is 0.389 e. The number of nitrogens with zero attached hydrogens (tertiary/aromatic N) is 1. The van der Waals surface area contributed by atoms with E-state index >= 15 is 0 Å². The molecule has 1 heterocycles. The molecule has 0 bridgehead atoms. The van der Waals surface area contributed by atoms with Gasteiger partial charge >= 0.3 is 0 Å². The number of hydrogen-bond donors (Lipinski definition) is 1. The maximum absolute atomic E-state index is 5.72. The molecule has 0 aliphatic carbocycles. The number of aryl methyl sites for hydroxylation is 1. The number of aromatic nitrogens is 1. The molecule has 0 aromatic carbocycles. The molecule has 0 spiro atoms. The molecule has 0 aliphatic heterocycles. The van der Waals surface area contributed by atoms with Gasteiger partial charge in [-0.25, -0.2) is 4.98 Å². The summed E-state index contributed by atoms with van der Waals surface area (Å²) in [6.45, 7) is 8.58. The lowest BCUT2D eigenvalue weighted by Gasteiger charge is -2.15. The first kappa shape index (κ1) is 9.52. The third-order valence-corrected chi connectivity index (χ3v) is 2.54. The molecule has 1 rings (SSSR count). The highest BCUT2D eigenvalue weighted by molar-refractivity contribution is 7.15. The summed E-state index contributed by atoms with van der Waals surface area (Å²) in [6, 6.07) is 0. The summed E-state index contributed by atoms with van der Waals surface area (Å²) in [5, 5.41) is 2.01. The van der Waals surface area contributed by atoms with E-state index in [1.807, 2.05) is 6.92 Å². The molecule has 0 unspecified atom stereocenters. The molecule has 0 saturated carbocycles. The van der Waals surface area contributed by atoms with Crippen LogP contribution in [0.4, 0.5) is 5.00 Å². The van der Waals surface area contributed by atoms with Crippen molar-refractivity contribution in [2.45, 2.75) is 34.1 Å². The zero-order chi connectivity index (χ0) is 9.35. The third-order valence-electron chi connectivity index (χ3n) is 1.56. The molecular weight excluding hydrogens is 168 g/mol. The minimum absolute atomic E-state index is 0.302. The normalized spacial score (nSPS) is 12.0. The van der Waals surface area contributed by atoms with E-state index in [0.29, 0.717) is 5.41 Å². The van der Waals surface area contributed by atoms with Gasteiger partial charge in [0.1, 0.15) is 5.00 Å². The fraction of sp³-hybridized carbons (Fsp3) is 0.667. The topological polar surface area (TPSA) is 38.9 Å². The molecule has 0 fully saturated rings. The van der Waals surface area contributed by atoms with E-state index in [2.05, 4.69) is 25.8 Å². The van der Waals surface area contributed by atoms with Gasteiger partial charge in [-0.1, -0.05) is 20.8 Å². The van der Waals surface area contributed by atoms with Crippen LogP contribution >= 0.6 is 11.3 Å². The molecule has 3 heteroatoms. The Kier molecular flexibility index (Phi) is 2.42. The SMILES string of the molecule is Cc1nc(CC(C)(C)C)sc1N. The third kappa shape index (κ3) is 2.48. The molecule has 0 saturated heterocycles. The molecule has 12 heavy (non-hydrogen) atoms. The van der Waals surface area contributed by atoms with Crippen molar-refractivity contribution in [1.29, 1.82) is 0 Å². The lowest BCUT2D eigenvalue weighted by Crippen LogP contribution is -2.08. The first-order chi connectivity index (χ1) is 5.38. The molecular formula is C9H16N2S. The highest BCUT2D eigenvalue weighted by atomic mass is 32.1. The number of nitrogen functional groups attached to an aromatic ring is 1. The first-order valence-corrected chi connectivity index (χ1v) is 4.92. The Morgan fingerprint density at radius 2 is 2.00 bits per heavy atom. The van der Waals surface area contributed by atoms with E-state index in [1.54, 1.807) is 11.3 Å². The summed E-state index contributed by atoms with van der Waals surface area (Å²) in [7, 11) is 0. The summed E-state index contributed by atoms with van der Waals surface area (Å²) < 4.78 is 0. The fourth-order valence-electron chi connectivity index (χ4n) is 0.995. The van der Waals surface area contributed by atoms with Gasteiger partial charge in [-0.15, -0.1) is 11.3 Å². The second kappa shape index (κ2) is 3.05. The van der Waals surface area contributed by atoms with Crippen LogP contribution < -0.4 is 5.73 Å². The van der Waals surface area contributed by atoms with Crippen LogP contribution in [0.25, 0.3) is 0 Å². The average molecular weight is 184 g/mol. The van der Waals surface area contributed by atoms with Crippen LogP contribution in [0, 0.1) is 12.3 Å². The van der Waals surface area contributed by atoms with Gasteiger partial charge in [0.05, 0.1) is 10.7 Å². The number of thiazole rings is 1. The Bertz CT molecular complexity index is 251. The van der Waals surface area contributed by atoms with Crippen LogP contribution in [0.3, 0.4) is 0 Å². The summed E-state index contributed by atoms with van der Waals surface area (Å²) in [4.78, 5) is 4.39. The Hall–Kier alpha value is -0.570. The molecule has 68 valence electrons. The van der Waals surface area contributed by atoms with Gasteiger partial charge in [-0.2, -0.15) is 0 Å². The first-order valence-electron chi connectivity index (χ1n) is 4.10. The van der Waals surface area contributed by atoms with Crippen molar-refractivity contribution >= 4 is 16.3 Å². The van der Waals surface area contributed by atoms with Crippen LogP contribution in [-0.2, 0) is 6.42 Å². The molecule has 0 atom stereocenters. The van der Waals surface area contributed by atoms with Crippen LogP contribution in [0.15, 0.2) is 0 Å². The maximum atomic E-state index is 5.72. The summed E-state index contributed by atoms with van der Waals surface area (Å²) >= 11 is 1.61. The van der Waals surface area contributed by atoms with Crippen molar-refractivity contribution in [2.75, 3.05) is 5.73 Å². The molecule has 0 radical (unpaired) electrons. The predicted octanol–water partition coefficient (Wildman–Crippen LogP) is 2.62. The van der Waals surface area contributed by atoms with E-state index in [-0.39, 0.29) is 0 Å². The number of rotatable bonds is 1. The number of nitrogens with two attached hydrogens (primary N) is 1. The zero-order valence-electron chi connectivity index (χ0n) is 8.14. The highest BCUT2D eigenvalue weighted by Crippen LogP contribution is 2.26. The van der Waals surface area contributed by atoms with Gasteiger partial charge in [0.2, 0.25) is 0 Å². The minimum Gasteiger partial charge on any atom is -0.389 e. The molecule has 2 N–H and O–H groups in total. The Morgan fingerprint density at radius 3 is 2.33 bits per heavy atom. The van der Waals surface area contributed by atoms with Crippen molar-refractivity contribution in [2.24, 2.45) is 5.41 Å². The van der Waals surface area contributed by atoms with Gasteiger partial charge in [-0.3, -0.25) is 0 Å².